The largest absolute Gasteiger partial charge is 0.468 e. The van der Waals surface area contributed by atoms with Gasteiger partial charge in [0.1, 0.15) is 12.0 Å². The third-order valence-electron chi connectivity index (χ3n) is 4.41. The molecule has 4 nitrogen and oxygen atoms in total. The van der Waals surface area contributed by atoms with Gasteiger partial charge in [-0.2, -0.15) is 13.2 Å². The maximum atomic E-state index is 13.3. The van der Waals surface area contributed by atoms with E-state index in [0.29, 0.717) is 13.2 Å². The lowest BCUT2D eigenvalue weighted by molar-refractivity contribution is -0.137. The summed E-state index contributed by atoms with van der Waals surface area (Å²) in [7, 11) is 0. The molecule has 3 heterocycles. The quantitative estimate of drug-likeness (QED) is 0.678. The lowest BCUT2D eigenvalue weighted by Crippen LogP contribution is -2.23. The van der Waals surface area contributed by atoms with Crippen molar-refractivity contribution in [1.29, 1.82) is 0 Å². The van der Waals surface area contributed by atoms with Crippen LogP contribution < -0.4 is 0 Å². The molecule has 0 saturated carbocycles. The van der Waals surface area contributed by atoms with Crippen molar-refractivity contribution in [2.45, 2.75) is 18.9 Å². The molecule has 0 bridgehead atoms. The molecular formula is C19H17F3N2O2. The monoisotopic (exact) mass is 362 g/mol. The van der Waals surface area contributed by atoms with Crippen LogP contribution in [0.25, 0.3) is 5.69 Å². The number of hydrogen-bond donors (Lipinski definition) is 0. The summed E-state index contributed by atoms with van der Waals surface area (Å²) in [6.45, 7) is 1.88. The highest BCUT2D eigenvalue weighted by Crippen LogP contribution is 2.35. The Bertz CT molecular complexity index is 871. The first-order chi connectivity index (χ1) is 12.5. The third kappa shape index (κ3) is 3.27. The van der Waals surface area contributed by atoms with Crippen LogP contribution in [0.1, 0.15) is 23.1 Å². The van der Waals surface area contributed by atoms with Crippen LogP contribution in [-0.4, -0.2) is 22.6 Å². The van der Waals surface area contributed by atoms with Crippen molar-refractivity contribution in [1.82, 2.24) is 9.47 Å². The van der Waals surface area contributed by atoms with Gasteiger partial charge in [0.25, 0.3) is 0 Å². The van der Waals surface area contributed by atoms with Crippen molar-refractivity contribution >= 4 is 0 Å². The van der Waals surface area contributed by atoms with Crippen LogP contribution in [0.15, 0.2) is 65.5 Å². The van der Waals surface area contributed by atoms with E-state index in [2.05, 4.69) is 4.90 Å². The van der Waals surface area contributed by atoms with Crippen molar-refractivity contribution < 1.29 is 22.3 Å². The third-order valence-corrected chi connectivity index (χ3v) is 4.41. The number of rotatable bonds is 4. The van der Waals surface area contributed by atoms with E-state index in [1.807, 2.05) is 12.1 Å². The SMILES string of the molecule is FC(F)(F)c1ccccc1-n1ccc(C2OCCN2Cc2ccco2)c1. The topological polar surface area (TPSA) is 30.5 Å². The number of aromatic nitrogens is 1. The molecule has 0 N–H and O–H groups in total. The molecule has 1 aliphatic heterocycles. The molecule has 1 atom stereocenters. The van der Waals surface area contributed by atoms with Gasteiger partial charge in [-0.15, -0.1) is 0 Å². The maximum Gasteiger partial charge on any atom is 0.418 e. The summed E-state index contributed by atoms with van der Waals surface area (Å²) in [6.07, 6.45) is 0.226. The Labute approximate surface area is 148 Å². The zero-order valence-corrected chi connectivity index (χ0v) is 13.8. The minimum Gasteiger partial charge on any atom is -0.468 e. The predicted octanol–water partition coefficient (Wildman–Crippen LogP) is 4.62. The number of benzene rings is 1. The van der Waals surface area contributed by atoms with Crippen LogP contribution in [0.4, 0.5) is 13.2 Å². The van der Waals surface area contributed by atoms with Crippen LogP contribution in [0.2, 0.25) is 0 Å². The van der Waals surface area contributed by atoms with Crippen LogP contribution in [-0.2, 0) is 17.5 Å². The molecule has 0 aliphatic carbocycles. The second-order valence-corrected chi connectivity index (χ2v) is 6.14. The van der Waals surface area contributed by atoms with E-state index in [0.717, 1.165) is 23.9 Å². The summed E-state index contributed by atoms with van der Waals surface area (Å²) >= 11 is 0. The van der Waals surface area contributed by atoms with Gasteiger partial charge in [-0.3, -0.25) is 4.90 Å². The van der Waals surface area contributed by atoms with Crippen molar-refractivity contribution in [3.8, 4) is 5.69 Å². The predicted molar refractivity (Wildman–Crippen MR) is 88.6 cm³/mol. The zero-order chi connectivity index (χ0) is 18.1. The lowest BCUT2D eigenvalue weighted by atomic mass is 10.1. The standard InChI is InChI=1S/C19H17F3N2O2/c20-19(21,22)16-5-1-2-6-17(16)23-8-7-14(12-23)18-24(9-11-26-18)13-15-4-3-10-25-15/h1-8,10,12,18H,9,11,13H2. The first-order valence-electron chi connectivity index (χ1n) is 8.25. The average Bonchev–Trinajstić information content (AvgIpc) is 3.36. The molecule has 3 aromatic rings. The van der Waals surface area contributed by atoms with Gasteiger partial charge in [0.15, 0.2) is 0 Å². The Morgan fingerprint density at radius 3 is 2.69 bits per heavy atom. The van der Waals surface area contributed by atoms with E-state index < -0.39 is 11.7 Å². The molecule has 1 unspecified atom stereocenters. The minimum atomic E-state index is -4.41. The van der Waals surface area contributed by atoms with Gasteiger partial charge >= 0.3 is 6.18 Å². The van der Waals surface area contributed by atoms with Gasteiger partial charge in [0.05, 0.1) is 30.7 Å². The van der Waals surface area contributed by atoms with Gasteiger partial charge in [-0.1, -0.05) is 12.1 Å². The number of nitrogens with zero attached hydrogens (tertiary/aromatic N) is 2. The van der Waals surface area contributed by atoms with E-state index in [4.69, 9.17) is 9.15 Å². The Morgan fingerprint density at radius 2 is 1.92 bits per heavy atom. The second-order valence-electron chi connectivity index (χ2n) is 6.14. The highest BCUT2D eigenvalue weighted by atomic mass is 19.4. The first kappa shape index (κ1) is 16.9. The Kier molecular flexibility index (Phi) is 4.34. The maximum absolute atomic E-state index is 13.3. The fraction of sp³-hybridized carbons (Fsp3) is 0.263. The molecule has 0 radical (unpaired) electrons. The number of furan rings is 1. The Morgan fingerprint density at radius 1 is 1.08 bits per heavy atom. The van der Waals surface area contributed by atoms with Crippen LogP contribution in [0.3, 0.4) is 0 Å². The molecule has 0 amide bonds. The van der Waals surface area contributed by atoms with Crippen LogP contribution in [0, 0.1) is 0 Å². The van der Waals surface area contributed by atoms with Crippen molar-refractivity contribution in [2.24, 2.45) is 0 Å². The van der Waals surface area contributed by atoms with E-state index in [1.165, 1.54) is 16.7 Å². The van der Waals surface area contributed by atoms with Gasteiger partial charge in [-0.25, -0.2) is 0 Å². The summed E-state index contributed by atoms with van der Waals surface area (Å²) in [4.78, 5) is 2.09. The lowest BCUT2D eigenvalue weighted by Gasteiger charge is -2.21. The number of halogens is 3. The van der Waals surface area contributed by atoms with Crippen molar-refractivity contribution in [3.63, 3.8) is 0 Å². The Balaban J connectivity index is 1.60. The second kappa shape index (κ2) is 6.66. The molecule has 1 fully saturated rings. The average molecular weight is 362 g/mol. The normalized spacial score (nSPS) is 18.5. The van der Waals surface area contributed by atoms with Gasteiger partial charge in [0, 0.05) is 24.5 Å². The molecule has 2 aromatic heterocycles. The van der Waals surface area contributed by atoms with E-state index >= 15 is 0 Å². The van der Waals surface area contributed by atoms with Gasteiger partial charge in [0.2, 0.25) is 0 Å². The smallest absolute Gasteiger partial charge is 0.418 e. The summed E-state index contributed by atoms with van der Waals surface area (Å²) in [5, 5.41) is 0. The molecule has 0 spiro atoms. The van der Waals surface area contributed by atoms with Crippen molar-refractivity contribution in [2.75, 3.05) is 13.2 Å². The summed E-state index contributed by atoms with van der Waals surface area (Å²) in [5.41, 5.74) is 0.245. The summed E-state index contributed by atoms with van der Waals surface area (Å²) in [6, 6.07) is 11.0. The summed E-state index contributed by atoms with van der Waals surface area (Å²) in [5.74, 6) is 0.822. The van der Waals surface area contributed by atoms with E-state index in [-0.39, 0.29) is 11.9 Å². The molecule has 1 saturated heterocycles. The van der Waals surface area contributed by atoms with Crippen LogP contribution in [0.5, 0.6) is 0 Å². The molecule has 7 heteroatoms. The number of ether oxygens (including phenoxy) is 1. The van der Waals surface area contributed by atoms with Gasteiger partial charge in [-0.05, 0) is 30.3 Å². The number of para-hydroxylation sites is 1. The molecule has 26 heavy (non-hydrogen) atoms. The fourth-order valence-corrected chi connectivity index (χ4v) is 3.22. The molecule has 1 aromatic carbocycles. The molecular weight excluding hydrogens is 345 g/mol. The van der Waals surface area contributed by atoms with E-state index in [9.17, 15) is 13.2 Å². The van der Waals surface area contributed by atoms with Gasteiger partial charge < -0.3 is 13.7 Å². The fourth-order valence-electron chi connectivity index (χ4n) is 3.22. The molecule has 136 valence electrons. The van der Waals surface area contributed by atoms with E-state index in [1.54, 1.807) is 30.8 Å². The highest BCUT2D eigenvalue weighted by Gasteiger charge is 2.34. The van der Waals surface area contributed by atoms with Crippen molar-refractivity contribution in [3.05, 3.63) is 78.0 Å². The van der Waals surface area contributed by atoms with Crippen LogP contribution >= 0.6 is 0 Å². The highest BCUT2D eigenvalue weighted by molar-refractivity contribution is 5.44. The first-order valence-corrected chi connectivity index (χ1v) is 8.25. The molecule has 1 aliphatic rings. The summed E-state index contributed by atoms with van der Waals surface area (Å²) < 4.78 is 52.4. The minimum absolute atomic E-state index is 0.0989. The Hall–Kier alpha value is -2.51. The zero-order valence-electron chi connectivity index (χ0n) is 13.8. The molecule has 4 rings (SSSR count). The number of hydrogen-bond acceptors (Lipinski definition) is 3. The number of alkyl halides is 3.